The quantitative estimate of drug-likeness (QED) is 0.466. The summed E-state index contributed by atoms with van der Waals surface area (Å²) in [5, 5.41) is 3.14. The number of benzene rings is 2. The summed E-state index contributed by atoms with van der Waals surface area (Å²) < 4.78 is 5.44. The van der Waals surface area contributed by atoms with E-state index in [2.05, 4.69) is 15.3 Å². The molecule has 0 bridgehead atoms. The van der Waals surface area contributed by atoms with E-state index in [1.165, 1.54) is 16.7 Å². The third-order valence-electron chi connectivity index (χ3n) is 6.64. The van der Waals surface area contributed by atoms with E-state index in [0.717, 1.165) is 23.2 Å². The van der Waals surface area contributed by atoms with Crippen molar-refractivity contribution in [3.8, 4) is 0 Å². The highest BCUT2D eigenvalue weighted by atomic mass is 32.2. The average molecular weight is 544 g/mol. The first-order valence-electron chi connectivity index (χ1n) is 12.8. The van der Waals surface area contributed by atoms with Crippen LogP contribution in [-0.2, 0) is 27.5 Å². The Hall–Kier alpha value is -4.18. The van der Waals surface area contributed by atoms with Gasteiger partial charge >= 0.3 is 6.09 Å². The van der Waals surface area contributed by atoms with Gasteiger partial charge in [0.05, 0.1) is 12.2 Å². The van der Waals surface area contributed by atoms with Crippen molar-refractivity contribution in [2.75, 3.05) is 18.9 Å². The number of thioether (sulfide) groups is 1. The van der Waals surface area contributed by atoms with Gasteiger partial charge in [-0.1, -0.05) is 60.3 Å². The van der Waals surface area contributed by atoms with Crippen molar-refractivity contribution in [3.05, 3.63) is 95.8 Å². The smallest absolute Gasteiger partial charge is 0.410 e. The normalized spacial score (nSPS) is 19.9. The van der Waals surface area contributed by atoms with E-state index >= 15 is 0 Å². The van der Waals surface area contributed by atoms with E-state index in [1.807, 2.05) is 60.7 Å². The summed E-state index contributed by atoms with van der Waals surface area (Å²) in [5.74, 6) is -0.306. The number of amides is 3. The minimum Gasteiger partial charge on any atom is -0.445 e. The largest absolute Gasteiger partial charge is 0.445 e. The molecule has 3 heterocycles. The number of aromatic nitrogens is 1. The lowest BCUT2D eigenvalue weighted by atomic mass is 10.1. The molecule has 2 saturated heterocycles. The molecular weight excluding hydrogens is 514 g/mol. The lowest BCUT2D eigenvalue weighted by Gasteiger charge is -2.23. The molecule has 0 saturated carbocycles. The molecule has 2 aromatic carbocycles. The number of pyridine rings is 1. The van der Waals surface area contributed by atoms with Crippen LogP contribution in [0.15, 0.2) is 84.0 Å². The second-order valence-corrected chi connectivity index (χ2v) is 10.4. The number of rotatable bonds is 7. The lowest BCUT2D eigenvalue weighted by molar-refractivity contribution is -0.125. The van der Waals surface area contributed by atoms with Crippen LogP contribution >= 0.6 is 11.8 Å². The van der Waals surface area contributed by atoms with Crippen molar-refractivity contribution in [2.24, 2.45) is 4.99 Å². The number of ether oxygens (including phenoxy) is 1. The van der Waals surface area contributed by atoms with Crippen molar-refractivity contribution >= 4 is 40.5 Å². The molecule has 5 rings (SSSR count). The zero-order valence-electron chi connectivity index (χ0n) is 21.5. The molecule has 2 fully saturated rings. The van der Waals surface area contributed by atoms with E-state index in [4.69, 9.17) is 4.74 Å². The molecule has 2 atom stereocenters. The van der Waals surface area contributed by atoms with Crippen molar-refractivity contribution in [2.45, 2.75) is 37.3 Å². The fraction of sp³-hybridized carbons (Fsp3) is 0.276. The second-order valence-electron chi connectivity index (χ2n) is 9.32. The van der Waals surface area contributed by atoms with E-state index in [-0.39, 0.29) is 18.4 Å². The number of nitrogens with zero attached hydrogens (tertiary/aromatic N) is 4. The van der Waals surface area contributed by atoms with Gasteiger partial charge in [-0.3, -0.25) is 29.4 Å². The third-order valence-corrected chi connectivity index (χ3v) is 7.97. The SMILES string of the molecule is CN1C(=O)C(c2ccc(NC(=O)[C@H]3CCCN3C(=O)OCc3ccccc3)cc2)SC1=NCc1ccccn1. The first kappa shape index (κ1) is 26.4. The predicted molar refractivity (Wildman–Crippen MR) is 150 cm³/mol. The minimum absolute atomic E-state index is 0.0489. The Bertz CT molecular complexity index is 1350. The van der Waals surface area contributed by atoms with Gasteiger partial charge in [0.25, 0.3) is 0 Å². The van der Waals surface area contributed by atoms with Crippen molar-refractivity contribution in [1.82, 2.24) is 14.8 Å². The number of likely N-dealkylation sites (tertiary alicyclic amines) is 1. The summed E-state index contributed by atoms with van der Waals surface area (Å²) in [4.78, 5) is 50.5. The van der Waals surface area contributed by atoms with Crippen LogP contribution in [0.4, 0.5) is 10.5 Å². The maximum Gasteiger partial charge on any atom is 0.410 e. The van der Waals surface area contributed by atoms with E-state index in [9.17, 15) is 14.4 Å². The molecule has 1 aromatic heterocycles. The highest BCUT2D eigenvalue weighted by molar-refractivity contribution is 8.15. The van der Waals surface area contributed by atoms with Crippen LogP contribution < -0.4 is 5.32 Å². The zero-order chi connectivity index (χ0) is 27.2. The van der Waals surface area contributed by atoms with Gasteiger partial charge in [-0.15, -0.1) is 0 Å². The molecule has 2 aliphatic heterocycles. The van der Waals surface area contributed by atoms with Gasteiger partial charge in [-0.2, -0.15) is 0 Å². The molecule has 200 valence electrons. The number of hydrogen-bond acceptors (Lipinski definition) is 7. The molecule has 0 aliphatic carbocycles. The monoisotopic (exact) mass is 543 g/mol. The van der Waals surface area contributed by atoms with Crippen molar-refractivity contribution in [3.63, 3.8) is 0 Å². The van der Waals surface area contributed by atoms with Crippen LogP contribution in [0.2, 0.25) is 0 Å². The topological polar surface area (TPSA) is 104 Å². The number of aliphatic imine (C=N–C) groups is 1. The van der Waals surface area contributed by atoms with Crippen LogP contribution in [0.3, 0.4) is 0 Å². The Kier molecular flexibility index (Phi) is 8.21. The van der Waals surface area contributed by atoms with Crippen molar-refractivity contribution < 1.29 is 19.1 Å². The van der Waals surface area contributed by atoms with Gasteiger partial charge < -0.3 is 10.1 Å². The molecule has 9 nitrogen and oxygen atoms in total. The van der Waals surface area contributed by atoms with E-state index < -0.39 is 17.4 Å². The number of carbonyl (C=O) groups excluding carboxylic acids is 3. The summed E-state index contributed by atoms with van der Waals surface area (Å²) in [6, 6.07) is 21.7. The second kappa shape index (κ2) is 12.1. The molecule has 3 aromatic rings. The number of amidine groups is 1. The predicted octanol–water partition coefficient (Wildman–Crippen LogP) is 4.62. The summed E-state index contributed by atoms with van der Waals surface area (Å²) in [5.41, 5.74) is 3.15. The van der Waals surface area contributed by atoms with Gasteiger partial charge in [-0.05, 0) is 48.2 Å². The third kappa shape index (κ3) is 6.28. The van der Waals surface area contributed by atoms with Gasteiger partial charge in [0.1, 0.15) is 17.9 Å². The molecule has 1 N–H and O–H groups in total. The summed E-state index contributed by atoms with van der Waals surface area (Å²) in [6.45, 7) is 1.04. The highest BCUT2D eigenvalue weighted by Crippen LogP contribution is 2.39. The van der Waals surface area contributed by atoms with Crippen LogP contribution in [0, 0.1) is 0 Å². The fourth-order valence-electron chi connectivity index (χ4n) is 4.53. The molecule has 3 amide bonds. The Morgan fingerprint density at radius 1 is 1.08 bits per heavy atom. The molecule has 0 radical (unpaired) electrons. The Morgan fingerprint density at radius 3 is 2.59 bits per heavy atom. The zero-order valence-corrected chi connectivity index (χ0v) is 22.3. The highest BCUT2D eigenvalue weighted by Gasteiger charge is 2.37. The number of hydrogen-bond donors (Lipinski definition) is 1. The molecular formula is C29H29N5O4S. The number of anilines is 1. The van der Waals surface area contributed by atoms with Crippen LogP contribution in [0.1, 0.15) is 34.9 Å². The average Bonchev–Trinajstić information content (AvgIpc) is 3.58. The first-order chi connectivity index (χ1) is 19.0. The van der Waals surface area contributed by atoms with Gasteiger partial charge in [0.15, 0.2) is 5.17 Å². The maximum atomic E-state index is 13.0. The van der Waals surface area contributed by atoms with Gasteiger partial charge in [0, 0.05) is 25.5 Å². The summed E-state index contributed by atoms with van der Waals surface area (Å²) >= 11 is 1.40. The number of carbonyl (C=O) groups is 3. The number of likely N-dealkylation sites (N-methyl/N-ethyl adjacent to an activating group) is 1. The van der Waals surface area contributed by atoms with Gasteiger partial charge in [-0.25, -0.2) is 4.79 Å². The first-order valence-corrected chi connectivity index (χ1v) is 13.6. The number of nitrogens with one attached hydrogen (secondary N) is 1. The Labute approximate surface area is 231 Å². The standard InChI is InChI=1S/C29H29N5O4S/c1-33-27(36)25(39-28(33)31-18-23-10-5-6-16-30-23)21-12-14-22(15-13-21)32-26(35)24-11-7-17-34(24)29(37)38-19-20-8-3-2-4-9-20/h2-6,8-10,12-16,24-25H,7,11,17-19H2,1H3,(H,32,35)/t24-,25?/m1/s1. The van der Waals surface area contributed by atoms with Crippen LogP contribution in [0.25, 0.3) is 0 Å². The van der Waals surface area contributed by atoms with E-state index in [0.29, 0.717) is 30.4 Å². The summed E-state index contributed by atoms with van der Waals surface area (Å²) in [7, 11) is 1.72. The van der Waals surface area contributed by atoms with Crippen LogP contribution in [-0.4, -0.2) is 57.5 Å². The molecule has 2 aliphatic rings. The Balaban J connectivity index is 1.17. The summed E-state index contributed by atoms with van der Waals surface area (Å²) in [6.07, 6.45) is 2.53. The lowest BCUT2D eigenvalue weighted by Crippen LogP contribution is -2.43. The fourth-order valence-corrected chi connectivity index (χ4v) is 5.68. The molecule has 39 heavy (non-hydrogen) atoms. The van der Waals surface area contributed by atoms with Gasteiger partial charge in [0.2, 0.25) is 11.8 Å². The van der Waals surface area contributed by atoms with Crippen molar-refractivity contribution in [1.29, 1.82) is 0 Å². The molecule has 0 spiro atoms. The van der Waals surface area contributed by atoms with E-state index in [1.54, 1.807) is 30.3 Å². The maximum absolute atomic E-state index is 13.0. The molecule has 10 heteroatoms. The minimum atomic E-state index is -0.591. The Morgan fingerprint density at radius 2 is 1.85 bits per heavy atom. The molecule has 1 unspecified atom stereocenters. The van der Waals surface area contributed by atoms with Crippen LogP contribution in [0.5, 0.6) is 0 Å².